The van der Waals surface area contributed by atoms with Crippen molar-refractivity contribution in [2.24, 2.45) is 0 Å². The van der Waals surface area contributed by atoms with Crippen LogP contribution in [0.15, 0.2) is 18.2 Å². The van der Waals surface area contributed by atoms with Crippen molar-refractivity contribution in [2.75, 3.05) is 38.1 Å². The fraction of sp³-hybridized carbons (Fsp3) is 0.579. The van der Waals surface area contributed by atoms with E-state index in [0.29, 0.717) is 18.9 Å². The van der Waals surface area contributed by atoms with Gasteiger partial charge in [-0.3, -0.25) is 19.7 Å². The van der Waals surface area contributed by atoms with E-state index in [1.807, 2.05) is 0 Å². The lowest BCUT2D eigenvalue weighted by atomic mass is 10.1. The fourth-order valence-electron chi connectivity index (χ4n) is 2.78. The quantitative estimate of drug-likeness (QED) is 0.241. The van der Waals surface area contributed by atoms with E-state index in [2.05, 4.69) is 29.4 Å². The van der Waals surface area contributed by atoms with Gasteiger partial charge in [0.15, 0.2) is 0 Å². The normalized spacial score (nSPS) is 11.9. The second-order valence-corrected chi connectivity index (χ2v) is 6.35. The summed E-state index contributed by atoms with van der Waals surface area (Å²) in [7, 11) is 0. The Balaban J connectivity index is 2.67. The summed E-state index contributed by atoms with van der Waals surface area (Å²) < 4.78 is 5.23. The van der Waals surface area contributed by atoms with Crippen molar-refractivity contribution in [1.29, 1.82) is 0 Å². The molecule has 0 heterocycles. The number of nitro benzene ring substituents is 1. The molecule has 162 valence electrons. The number of ether oxygens (including phenoxy) is 1. The minimum atomic E-state index is -1.15. The number of anilines is 1. The molecule has 1 atom stereocenters. The first-order chi connectivity index (χ1) is 13.8. The SMILES string of the molecule is CCOc1ccc(NC(=O)C[C@H](NCCCN(CC)CC)C(=O)O)c([N+](=O)[O-])c1. The zero-order valence-corrected chi connectivity index (χ0v) is 17.1. The minimum Gasteiger partial charge on any atom is -0.494 e. The summed E-state index contributed by atoms with van der Waals surface area (Å²) in [4.78, 5) is 36.6. The van der Waals surface area contributed by atoms with E-state index >= 15 is 0 Å². The smallest absolute Gasteiger partial charge is 0.321 e. The van der Waals surface area contributed by atoms with Crippen LogP contribution < -0.4 is 15.4 Å². The van der Waals surface area contributed by atoms with Gasteiger partial charge in [-0.1, -0.05) is 13.8 Å². The van der Waals surface area contributed by atoms with Crippen LogP contribution in [-0.2, 0) is 9.59 Å². The molecule has 1 aromatic carbocycles. The number of nitrogens with one attached hydrogen (secondary N) is 2. The van der Waals surface area contributed by atoms with Gasteiger partial charge in [-0.15, -0.1) is 0 Å². The Morgan fingerprint density at radius 1 is 1.28 bits per heavy atom. The van der Waals surface area contributed by atoms with Crippen LogP contribution in [0.5, 0.6) is 5.75 Å². The van der Waals surface area contributed by atoms with E-state index in [1.54, 1.807) is 6.92 Å². The summed E-state index contributed by atoms with van der Waals surface area (Å²) in [5.41, 5.74) is -0.322. The number of aliphatic carboxylic acids is 1. The molecule has 0 fully saturated rings. The van der Waals surface area contributed by atoms with Gasteiger partial charge in [-0.25, -0.2) is 0 Å². The lowest BCUT2D eigenvalue weighted by Crippen LogP contribution is -2.41. The van der Waals surface area contributed by atoms with Gasteiger partial charge in [0.1, 0.15) is 17.5 Å². The van der Waals surface area contributed by atoms with E-state index in [0.717, 1.165) is 26.1 Å². The van der Waals surface area contributed by atoms with Crippen LogP contribution >= 0.6 is 0 Å². The summed E-state index contributed by atoms with van der Waals surface area (Å²) in [5.74, 6) is -1.46. The molecule has 0 aliphatic heterocycles. The van der Waals surface area contributed by atoms with Gasteiger partial charge in [0.25, 0.3) is 5.69 Å². The van der Waals surface area contributed by atoms with Crippen molar-refractivity contribution < 1.29 is 24.4 Å². The molecule has 3 N–H and O–H groups in total. The summed E-state index contributed by atoms with van der Waals surface area (Å²) in [6.45, 7) is 9.33. The molecule has 1 amide bonds. The number of amides is 1. The number of carbonyl (C=O) groups is 2. The minimum absolute atomic E-state index is 0.00544. The van der Waals surface area contributed by atoms with Crippen LogP contribution in [0.25, 0.3) is 0 Å². The number of rotatable bonds is 14. The highest BCUT2D eigenvalue weighted by atomic mass is 16.6. The molecule has 29 heavy (non-hydrogen) atoms. The van der Waals surface area contributed by atoms with Gasteiger partial charge < -0.3 is 25.4 Å². The van der Waals surface area contributed by atoms with Crippen molar-refractivity contribution in [3.8, 4) is 5.75 Å². The molecule has 0 radical (unpaired) electrons. The van der Waals surface area contributed by atoms with Gasteiger partial charge in [0.05, 0.1) is 24.0 Å². The zero-order chi connectivity index (χ0) is 21.8. The van der Waals surface area contributed by atoms with Crippen molar-refractivity contribution in [3.63, 3.8) is 0 Å². The Kier molecular flexibility index (Phi) is 10.6. The summed E-state index contributed by atoms with van der Waals surface area (Å²) in [5, 5.41) is 25.9. The van der Waals surface area contributed by atoms with Crippen LogP contribution in [0.4, 0.5) is 11.4 Å². The molecule has 0 spiro atoms. The Bertz CT molecular complexity index is 693. The maximum atomic E-state index is 12.3. The first kappa shape index (κ1) is 24.3. The first-order valence-corrected chi connectivity index (χ1v) is 9.71. The molecule has 1 aromatic rings. The molecule has 0 bridgehead atoms. The van der Waals surface area contributed by atoms with E-state index in [1.165, 1.54) is 18.2 Å². The number of carboxylic acid groups (broad SMARTS) is 1. The average Bonchev–Trinajstić information content (AvgIpc) is 2.68. The number of hydrogen-bond acceptors (Lipinski definition) is 7. The number of carbonyl (C=O) groups excluding carboxylic acids is 1. The second kappa shape index (κ2) is 12.7. The molecular formula is C19H30N4O6. The monoisotopic (exact) mass is 410 g/mol. The van der Waals surface area contributed by atoms with Crippen LogP contribution in [0.2, 0.25) is 0 Å². The summed E-state index contributed by atoms with van der Waals surface area (Å²) in [6.07, 6.45) is 0.405. The Morgan fingerprint density at radius 3 is 2.52 bits per heavy atom. The third kappa shape index (κ3) is 8.44. The van der Waals surface area contributed by atoms with E-state index < -0.39 is 22.8 Å². The number of hydrogen-bond donors (Lipinski definition) is 3. The van der Waals surface area contributed by atoms with Crippen LogP contribution in [0.3, 0.4) is 0 Å². The molecule has 10 heteroatoms. The van der Waals surface area contributed by atoms with Crippen LogP contribution in [-0.4, -0.2) is 65.6 Å². The molecule has 1 rings (SSSR count). The second-order valence-electron chi connectivity index (χ2n) is 6.35. The largest absolute Gasteiger partial charge is 0.494 e. The average molecular weight is 410 g/mol. The predicted octanol–water partition coefficient (Wildman–Crippen LogP) is 2.10. The standard InChI is InChI=1S/C19H30N4O6/c1-4-22(5-2)11-7-10-20-16(19(25)26)13-18(24)21-15-9-8-14(29-6-3)12-17(15)23(27)28/h8-9,12,16,20H,4-7,10-11,13H2,1-3H3,(H,21,24)(H,25,26)/t16-/m0/s1. The van der Waals surface area contributed by atoms with Crippen LogP contribution in [0, 0.1) is 10.1 Å². The molecule has 0 aliphatic carbocycles. The Labute approximate surface area is 170 Å². The Hall–Kier alpha value is -2.72. The van der Waals surface area contributed by atoms with Crippen LogP contribution in [0.1, 0.15) is 33.6 Å². The lowest BCUT2D eigenvalue weighted by molar-refractivity contribution is -0.384. The summed E-state index contributed by atoms with van der Waals surface area (Å²) >= 11 is 0. The highest BCUT2D eigenvalue weighted by Gasteiger charge is 2.23. The van der Waals surface area contributed by atoms with E-state index in [-0.39, 0.29) is 17.8 Å². The highest BCUT2D eigenvalue weighted by molar-refractivity contribution is 5.95. The summed E-state index contributed by atoms with van der Waals surface area (Å²) in [6, 6.07) is 3.02. The Morgan fingerprint density at radius 2 is 1.97 bits per heavy atom. The van der Waals surface area contributed by atoms with Gasteiger partial charge in [-0.2, -0.15) is 0 Å². The number of carboxylic acids is 1. The zero-order valence-electron chi connectivity index (χ0n) is 17.1. The third-order valence-corrected chi connectivity index (χ3v) is 4.37. The molecule has 10 nitrogen and oxygen atoms in total. The fourth-order valence-corrected chi connectivity index (χ4v) is 2.78. The van der Waals surface area contributed by atoms with Crippen molar-refractivity contribution in [2.45, 2.75) is 39.7 Å². The lowest BCUT2D eigenvalue weighted by Gasteiger charge is -2.19. The molecular weight excluding hydrogens is 380 g/mol. The van der Waals surface area contributed by atoms with Gasteiger partial charge in [0, 0.05) is 0 Å². The van der Waals surface area contributed by atoms with Crippen molar-refractivity contribution in [3.05, 3.63) is 28.3 Å². The van der Waals surface area contributed by atoms with Crippen molar-refractivity contribution in [1.82, 2.24) is 10.2 Å². The molecule has 0 saturated carbocycles. The van der Waals surface area contributed by atoms with Gasteiger partial charge >= 0.3 is 5.97 Å². The van der Waals surface area contributed by atoms with E-state index in [4.69, 9.17) is 4.74 Å². The molecule has 0 saturated heterocycles. The highest BCUT2D eigenvalue weighted by Crippen LogP contribution is 2.29. The van der Waals surface area contributed by atoms with Crippen molar-refractivity contribution >= 4 is 23.3 Å². The maximum absolute atomic E-state index is 12.3. The molecule has 0 aromatic heterocycles. The third-order valence-electron chi connectivity index (χ3n) is 4.37. The topological polar surface area (TPSA) is 134 Å². The number of nitrogens with zero attached hydrogens (tertiary/aromatic N) is 2. The van der Waals surface area contributed by atoms with E-state index in [9.17, 15) is 24.8 Å². The molecule has 0 unspecified atom stereocenters. The maximum Gasteiger partial charge on any atom is 0.321 e. The number of benzene rings is 1. The van der Waals surface area contributed by atoms with Gasteiger partial charge in [0.2, 0.25) is 5.91 Å². The predicted molar refractivity (Wildman–Crippen MR) is 109 cm³/mol. The molecule has 0 aliphatic rings. The number of nitro groups is 1. The van der Waals surface area contributed by atoms with Gasteiger partial charge in [-0.05, 0) is 51.7 Å². The first-order valence-electron chi connectivity index (χ1n) is 9.71.